The minimum atomic E-state index is -3.92. The largest absolute Gasteiger partial charge is 0.494 e. The topological polar surface area (TPSA) is 145 Å². The fourth-order valence-electron chi connectivity index (χ4n) is 4.75. The van der Waals surface area contributed by atoms with Crippen LogP contribution >= 0.6 is 0 Å². The van der Waals surface area contributed by atoms with Crippen LogP contribution in [-0.4, -0.2) is 81.9 Å². The van der Waals surface area contributed by atoms with Crippen LogP contribution in [0, 0.1) is 12.7 Å². The zero-order chi connectivity index (χ0) is 28.4. The Morgan fingerprint density at radius 1 is 1.02 bits per heavy atom. The fourth-order valence-corrected chi connectivity index (χ4v) is 6.45. The number of aryl methyl sites for hydroxylation is 1. The van der Waals surface area contributed by atoms with Gasteiger partial charge in [0.05, 0.1) is 38.0 Å². The third-order valence-electron chi connectivity index (χ3n) is 6.59. The van der Waals surface area contributed by atoms with Crippen molar-refractivity contribution in [1.82, 2.24) is 29.7 Å². The highest BCUT2D eigenvalue weighted by Gasteiger charge is 2.37. The first-order valence-corrected chi connectivity index (χ1v) is 14.1. The molecular weight excluding hydrogens is 541 g/mol. The standard InChI is InChI=1S/C26H28FN7O5S/c1-16-6-4-7-20(30-16)25-32-31-23(34(25)24-21(38-2)8-5-9-22(24)39-3)15-40(36,37)19-10-18(35)13-33(14-19)26-28-11-17(27)12-29-26/h4-9,11-12,18-19,35H,10,13-15H2,1-3H3/t18-,19+/m1/s1. The van der Waals surface area contributed by atoms with Crippen molar-refractivity contribution in [1.29, 1.82) is 0 Å². The van der Waals surface area contributed by atoms with Gasteiger partial charge in [0.1, 0.15) is 28.6 Å². The van der Waals surface area contributed by atoms with Crippen LogP contribution in [0.5, 0.6) is 11.5 Å². The summed E-state index contributed by atoms with van der Waals surface area (Å²) >= 11 is 0. The second-order valence-electron chi connectivity index (χ2n) is 9.38. The van der Waals surface area contributed by atoms with E-state index in [4.69, 9.17) is 9.47 Å². The summed E-state index contributed by atoms with van der Waals surface area (Å²) < 4.78 is 53.8. The maximum atomic E-state index is 13.8. The number of hydrogen-bond donors (Lipinski definition) is 1. The molecule has 0 aliphatic carbocycles. The number of aliphatic hydroxyl groups excluding tert-OH is 1. The second kappa shape index (κ2) is 11.1. The number of rotatable bonds is 8. The number of aliphatic hydroxyl groups is 1. The highest BCUT2D eigenvalue weighted by atomic mass is 32.2. The molecule has 0 unspecified atom stereocenters. The lowest BCUT2D eigenvalue weighted by Crippen LogP contribution is -2.49. The third-order valence-corrected chi connectivity index (χ3v) is 8.61. The number of piperidine rings is 1. The minimum Gasteiger partial charge on any atom is -0.494 e. The van der Waals surface area contributed by atoms with E-state index in [0.717, 1.165) is 18.1 Å². The average molecular weight is 570 g/mol. The molecule has 0 radical (unpaired) electrons. The normalized spacial score (nSPS) is 17.6. The number of benzene rings is 1. The van der Waals surface area contributed by atoms with Gasteiger partial charge in [-0.25, -0.2) is 27.8 Å². The Morgan fingerprint density at radius 3 is 2.35 bits per heavy atom. The smallest absolute Gasteiger partial charge is 0.225 e. The van der Waals surface area contributed by atoms with Gasteiger partial charge < -0.3 is 19.5 Å². The summed E-state index contributed by atoms with van der Waals surface area (Å²) in [6, 6.07) is 10.6. The van der Waals surface area contributed by atoms with Crippen molar-refractivity contribution in [2.45, 2.75) is 30.5 Å². The predicted molar refractivity (Wildman–Crippen MR) is 144 cm³/mol. The van der Waals surface area contributed by atoms with Crippen LogP contribution in [0.15, 0.2) is 48.8 Å². The second-order valence-corrected chi connectivity index (χ2v) is 11.7. The van der Waals surface area contributed by atoms with Crippen LogP contribution in [0.25, 0.3) is 17.2 Å². The van der Waals surface area contributed by atoms with Gasteiger partial charge in [-0.3, -0.25) is 4.57 Å². The molecular formula is C26H28FN7O5S. The highest BCUT2D eigenvalue weighted by Crippen LogP contribution is 2.36. The van der Waals surface area contributed by atoms with Crippen LogP contribution in [0.3, 0.4) is 0 Å². The zero-order valence-electron chi connectivity index (χ0n) is 22.1. The Kier molecular flexibility index (Phi) is 7.63. The summed E-state index contributed by atoms with van der Waals surface area (Å²) in [6.45, 7) is 1.98. The molecule has 0 bridgehead atoms. The van der Waals surface area contributed by atoms with Crippen LogP contribution in [0.4, 0.5) is 10.3 Å². The van der Waals surface area contributed by atoms with E-state index in [1.807, 2.05) is 19.1 Å². The van der Waals surface area contributed by atoms with Gasteiger partial charge in [0.15, 0.2) is 27.3 Å². The van der Waals surface area contributed by atoms with Crippen LogP contribution in [0.2, 0.25) is 0 Å². The van der Waals surface area contributed by atoms with E-state index in [1.54, 1.807) is 28.8 Å². The fraction of sp³-hybridized carbons (Fsp3) is 0.346. The van der Waals surface area contributed by atoms with Gasteiger partial charge in [0.25, 0.3) is 0 Å². The van der Waals surface area contributed by atoms with Gasteiger partial charge in [0, 0.05) is 18.8 Å². The molecule has 14 heteroatoms. The maximum Gasteiger partial charge on any atom is 0.225 e. The summed E-state index contributed by atoms with van der Waals surface area (Å²) in [5, 5.41) is 18.2. The Hall–Kier alpha value is -4.17. The van der Waals surface area contributed by atoms with E-state index in [-0.39, 0.29) is 31.3 Å². The number of para-hydroxylation sites is 1. The van der Waals surface area contributed by atoms with Gasteiger partial charge in [-0.2, -0.15) is 0 Å². The average Bonchev–Trinajstić information content (AvgIpc) is 3.34. The minimum absolute atomic E-state index is 0.0123. The van der Waals surface area contributed by atoms with Crippen molar-refractivity contribution in [3.63, 3.8) is 0 Å². The molecule has 40 heavy (non-hydrogen) atoms. The lowest BCUT2D eigenvalue weighted by Gasteiger charge is -2.35. The van der Waals surface area contributed by atoms with Crippen LogP contribution in [-0.2, 0) is 15.6 Å². The Morgan fingerprint density at radius 2 is 1.70 bits per heavy atom. The predicted octanol–water partition coefficient (Wildman–Crippen LogP) is 2.14. The molecule has 1 fully saturated rings. The number of pyridine rings is 1. The number of β-amino-alcohol motifs (C(OH)–C–C–N with tert-alkyl or cyclic N) is 1. The van der Waals surface area contributed by atoms with Crippen molar-refractivity contribution in [2.24, 2.45) is 0 Å². The number of sulfone groups is 1. The molecule has 1 saturated heterocycles. The Balaban J connectivity index is 1.57. The van der Waals surface area contributed by atoms with Gasteiger partial charge >= 0.3 is 0 Å². The van der Waals surface area contributed by atoms with E-state index in [1.165, 1.54) is 19.1 Å². The summed E-state index contributed by atoms with van der Waals surface area (Å²) in [6.07, 6.45) is 1.05. The summed E-state index contributed by atoms with van der Waals surface area (Å²) in [5.41, 5.74) is 1.65. The molecule has 2 atom stereocenters. The van der Waals surface area contributed by atoms with E-state index in [2.05, 4.69) is 25.1 Å². The molecule has 4 heterocycles. The third kappa shape index (κ3) is 5.45. The molecule has 1 aliphatic rings. The number of hydrogen-bond acceptors (Lipinski definition) is 11. The lowest BCUT2D eigenvalue weighted by molar-refractivity contribution is 0.154. The van der Waals surface area contributed by atoms with Gasteiger partial charge in [-0.05, 0) is 37.6 Å². The van der Waals surface area contributed by atoms with E-state index >= 15 is 0 Å². The highest BCUT2D eigenvalue weighted by molar-refractivity contribution is 7.91. The van der Waals surface area contributed by atoms with Crippen molar-refractivity contribution in [3.05, 3.63) is 66.1 Å². The molecule has 1 aromatic carbocycles. The monoisotopic (exact) mass is 569 g/mol. The number of anilines is 1. The number of halogens is 1. The summed E-state index contributed by atoms with van der Waals surface area (Å²) in [7, 11) is -0.923. The molecule has 0 amide bonds. The summed E-state index contributed by atoms with van der Waals surface area (Å²) in [4.78, 5) is 14.0. The molecule has 1 aliphatic heterocycles. The van der Waals surface area contributed by atoms with Crippen molar-refractivity contribution in [3.8, 4) is 28.7 Å². The maximum absolute atomic E-state index is 13.8. The SMILES string of the molecule is COc1cccc(OC)c1-n1c(CS(=O)(=O)[C@H]2C[C@@H](O)CN(c3ncc(F)cn3)C2)nnc1-c1cccc(C)n1. The van der Waals surface area contributed by atoms with Crippen LogP contribution in [0.1, 0.15) is 17.9 Å². The molecule has 12 nitrogen and oxygen atoms in total. The number of methoxy groups -OCH3 is 2. The van der Waals surface area contributed by atoms with E-state index < -0.39 is 32.8 Å². The Labute approximate surface area is 230 Å². The molecule has 5 rings (SSSR count). The van der Waals surface area contributed by atoms with Crippen LogP contribution < -0.4 is 14.4 Å². The molecule has 0 saturated carbocycles. The zero-order valence-corrected chi connectivity index (χ0v) is 22.9. The first-order chi connectivity index (χ1) is 19.2. The van der Waals surface area contributed by atoms with E-state index in [0.29, 0.717) is 28.7 Å². The molecule has 3 aromatic heterocycles. The number of nitrogens with zero attached hydrogens (tertiary/aromatic N) is 7. The van der Waals surface area contributed by atoms with Crippen molar-refractivity contribution < 1.29 is 27.4 Å². The molecule has 4 aromatic rings. The van der Waals surface area contributed by atoms with Gasteiger partial charge in [-0.15, -0.1) is 10.2 Å². The Bertz CT molecular complexity index is 1590. The van der Waals surface area contributed by atoms with Crippen molar-refractivity contribution in [2.75, 3.05) is 32.2 Å². The first-order valence-electron chi connectivity index (χ1n) is 12.4. The lowest BCUT2D eigenvalue weighted by atomic mass is 10.1. The quantitative estimate of drug-likeness (QED) is 0.333. The summed E-state index contributed by atoms with van der Waals surface area (Å²) in [5.74, 6) is 0.277. The number of aromatic nitrogens is 6. The van der Waals surface area contributed by atoms with Gasteiger partial charge in [0.2, 0.25) is 5.95 Å². The first kappa shape index (κ1) is 27.4. The molecule has 210 valence electrons. The van der Waals surface area contributed by atoms with Gasteiger partial charge in [-0.1, -0.05) is 12.1 Å². The van der Waals surface area contributed by atoms with E-state index in [9.17, 15) is 17.9 Å². The number of ether oxygens (including phenoxy) is 2. The van der Waals surface area contributed by atoms with Crippen molar-refractivity contribution >= 4 is 15.8 Å². The molecule has 1 N–H and O–H groups in total. The molecule has 0 spiro atoms.